The standard InChI is InChI=1S/C17H29N3O2/c1-17(2,22-4)12-19-13-7-9-20(10-8-13)14-5-6-15(18)16(11-14)21-3/h5-6,11,13,19H,7-10,12,18H2,1-4H3. The summed E-state index contributed by atoms with van der Waals surface area (Å²) in [4.78, 5) is 2.39. The molecule has 22 heavy (non-hydrogen) atoms. The van der Waals surface area contributed by atoms with Gasteiger partial charge in [-0.1, -0.05) is 0 Å². The first-order chi connectivity index (χ1) is 10.4. The lowest BCUT2D eigenvalue weighted by Crippen LogP contribution is -2.47. The fourth-order valence-electron chi connectivity index (χ4n) is 2.70. The maximum absolute atomic E-state index is 5.88. The highest BCUT2D eigenvalue weighted by molar-refractivity contribution is 5.62. The highest BCUT2D eigenvalue weighted by Gasteiger charge is 2.23. The number of nitrogens with zero attached hydrogens (tertiary/aromatic N) is 1. The normalized spacial score (nSPS) is 16.8. The molecule has 1 aromatic rings. The van der Waals surface area contributed by atoms with Gasteiger partial charge < -0.3 is 25.4 Å². The molecule has 5 heteroatoms. The highest BCUT2D eigenvalue weighted by Crippen LogP contribution is 2.29. The summed E-state index contributed by atoms with van der Waals surface area (Å²) in [6.45, 7) is 7.17. The summed E-state index contributed by atoms with van der Waals surface area (Å²) in [7, 11) is 3.42. The number of methoxy groups -OCH3 is 2. The number of hydrogen-bond donors (Lipinski definition) is 2. The van der Waals surface area contributed by atoms with Gasteiger partial charge >= 0.3 is 0 Å². The third-order valence-electron chi connectivity index (χ3n) is 4.45. The SMILES string of the molecule is COc1cc(N2CCC(NCC(C)(C)OC)CC2)ccc1N. The molecule has 5 nitrogen and oxygen atoms in total. The molecule has 3 N–H and O–H groups in total. The van der Waals surface area contributed by atoms with Crippen LogP contribution in [0.4, 0.5) is 11.4 Å². The van der Waals surface area contributed by atoms with E-state index in [0.29, 0.717) is 11.7 Å². The van der Waals surface area contributed by atoms with Gasteiger partial charge in [0.15, 0.2) is 0 Å². The van der Waals surface area contributed by atoms with Gasteiger partial charge in [0, 0.05) is 44.5 Å². The second kappa shape index (κ2) is 7.20. The molecular weight excluding hydrogens is 278 g/mol. The Hall–Kier alpha value is -1.46. The van der Waals surface area contributed by atoms with Crippen molar-refractivity contribution in [1.82, 2.24) is 5.32 Å². The molecule has 0 aliphatic carbocycles. The molecule has 0 radical (unpaired) electrons. The van der Waals surface area contributed by atoms with Gasteiger partial charge in [0.1, 0.15) is 5.75 Å². The van der Waals surface area contributed by atoms with Crippen LogP contribution < -0.4 is 20.7 Å². The minimum absolute atomic E-state index is 0.110. The average molecular weight is 307 g/mol. The molecular formula is C17H29N3O2. The smallest absolute Gasteiger partial charge is 0.143 e. The largest absolute Gasteiger partial charge is 0.495 e. The first kappa shape index (κ1) is 16.9. The minimum atomic E-state index is -0.110. The number of ether oxygens (including phenoxy) is 2. The summed E-state index contributed by atoms with van der Waals surface area (Å²) >= 11 is 0. The van der Waals surface area contributed by atoms with Crippen molar-refractivity contribution in [2.45, 2.75) is 38.3 Å². The van der Waals surface area contributed by atoms with E-state index in [9.17, 15) is 0 Å². The van der Waals surface area contributed by atoms with Crippen LogP contribution in [0, 0.1) is 0 Å². The van der Waals surface area contributed by atoms with Gasteiger partial charge in [-0.05, 0) is 38.8 Å². The van der Waals surface area contributed by atoms with Gasteiger partial charge in [-0.15, -0.1) is 0 Å². The number of rotatable bonds is 6. The fraction of sp³-hybridized carbons (Fsp3) is 0.647. The molecule has 124 valence electrons. The van der Waals surface area contributed by atoms with E-state index < -0.39 is 0 Å². The molecule has 2 rings (SSSR count). The second-order valence-electron chi connectivity index (χ2n) is 6.53. The first-order valence-electron chi connectivity index (χ1n) is 7.92. The molecule has 1 aromatic carbocycles. The van der Waals surface area contributed by atoms with Crippen molar-refractivity contribution in [1.29, 1.82) is 0 Å². The van der Waals surface area contributed by atoms with Crippen molar-refractivity contribution in [3.63, 3.8) is 0 Å². The van der Waals surface area contributed by atoms with Crippen molar-refractivity contribution in [2.24, 2.45) is 0 Å². The zero-order valence-corrected chi connectivity index (χ0v) is 14.2. The van der Waals surface area contributed by atoms with Crippen molar-refractivity contribution in [3.8, 4) is 5.75 Å². The lowest BCUT2D eigenvalue weighted by molar-refractivity contribution is 0.0204. The summed E-state index contributed by atoms with van der Waals surface area (Å²) in [5, 5.41) is 3.62. The van der Waals surface area contributed by atoms with Crippen LogP contribution in [0.25, 0.3) is 0 Å². The van der Waals surface area contributed by atoms with Gasteiger partial charge in [0.25, 0.3) is 0 Å². The molecule has 0 spiro atoms. The maximum atomic E-state index is 5.88. The zero-order valence-electron chi connectivity index (χ0n) is 14.2. The van der Waals surface area contributed by atoms with Crippen molar-refractivity contribution in [2.75, 3.05) is 44.5 Å². The monoisotopic (exact) mass is 307 g/mol. The van der Waals surface area contributed by atoms with Crippen LogP contribution in [-0.2, 0) is 4.74 Å². The third-order valence-corrected chi connectivity index (χ3v) is 4.45. The van der Waals surface area contributed by atoms with Crippen molar-refractivity contribution in [3.05, 3.63) is 18.2 Å². The lowest BCUT2D eigenvalue weighted by Gasteiger charge is -2.35. The number of piperidine rings is 1. The van der Waals surface area contributed by atoms with E-state index in [4.69, 9.17) is 15.2 Å². The summed E-state index contributed by atoms with van der Waals surface area (Å²) in [6.07, 6.45) is 2.26. The molecule has 0 saturated carbocycles. The topological polar surface area (TPSA) is 59.8 Å². The van der Waals surface area contributed by atoms with E-state index in [2.05, 4.69) is 30.1 Å². The van der Waals surface area contributed by atoms with E-state index in [1.165, 1.54) is 5.69 Å². The zero-order chi connectivity index (χ0) is 16.2. The number of nitrogen functional groups attached to an aromatic ring is 1. The number of hydrogen-bond acceptors (Lipinski definition) is 5. The Morgan fingerprint density at radius 2 is 1.95 bits per heavy atom. The van der Waals surface area contributed by atoms with E-state index >= 15 is 0 Å². The Labute approximate surface area is 133 Å². The Balaban J connectivity index is 1.87. The van der Waals surface area contributed by atoms with Crippen LogP contribution in [0.3, 0.4) is 0 Å². The van der Waals surface area contributed by atoms with E-state index in [1.807, 2.05) is 12.1 Å². The average Bonchev–Trinajstić information content (AvgIpc) is 2.54. The Morgan fingerprint density at radius 1 is 1.27 bits per heavy atom. The van der Waals surface area contributed by atoms with Crippen LogP contribution in [0.2, 0.25) is 0 Å². The third kappa shape index (κ3) is 4.27. The van der Waals surface area contributed by atoms with Gasteiger partial charge in [0.2, 0.25) is 0 Å². The van der Waals surface area contributed by atoms with Crippen LogP contribution in [0.5, 0.6) is 5.75 Å². The van der Waals surface area contributed by atoms with Gasteiger partial charge in [0.05, 0.1) is 18.4 Å². The number of anilines is 2. The van der Waals surface area contributed by atoms with Crippen LogP contribution in [0.15, 0.2) is 18.2 Å². The molecule has 1 fully saturated rings. The molecule has 0 aromatic heterocycles. The highest BCUT2D eigenvalue weighted by atomic mass is 16.5. The van der Waals surface area contributed by atoms with E-state index in [-0.39, 0.29) is 5.60 Å². The van der Waals surface area contributed by atoms with E-state index in [1.54, 1.807) is 14.2 Å². The fourth-order valence-corrected chi connectivity index (χ4v) is 2.70. The molecule has 0 atom stereocenters. The Bertz CT molecular complexity index is 483. The molecule has 0 amide bonds. The van der Waals surface area contributed by atoms with Crippen molar-refractivity contribution >= 4 is 11.4 Å². The molecule has 1 saturated heterocycles. The number of nitrogens with two attached hydrogens (primary N) is 1. The summed E-state index contributed by atoms with van der Waals surface area (Å²) in [5.74, 6) is 0.750. The Morgan fingerprint density at radius 3 is 2.55 bits per heavy atom. The summed E-state index contributed by atoms with van der Waals surface area (Å²) in [5.41, 5.74) is 7.64. The summed E-state index contributed by atoms with van der Waals surface area (Å²) in [6, 6.07) is 6.57. The Kier molecular flexibility index (Phi) is 5.53. The van der Waals surface area contributed by atoms with Crippen LogP contribution in [-0.4, -0.2) is 45.5 Å². The molecule has 0 bridgehead atoms. The number of nitrogens with one attached hydrogen (secondary N) is 1. The van der Waals surface area contributed by atoms with Crippen LogP contribution in [0.1, 0.15) is 26.7 Å². The van der Waals surface area contributed by atoms with Gasteiger partial charge in [-0.25, -0.2) is 0 Å². The molecule has 1 heterocycles. The number of benzene rings is 1. The first-order valence-corrected chi connectivity index (χ1v) is 7.92. The van der Waals surface area contributed by atoms with Gasteiger partial charge in [-0.3, -0.25) is 0 Å². The molecule has 1 aliphatic heterocycles. The minimum Gasteiger partial charge on any atom is -0.495 e. The predicted molar refractivity (Wildman–Crippen MR) is 91.7 cm³/mol. The lowest BCUT2D eigenvalue weighted by atomic mass is 10.0. The maximum Gasteiger partial charge on any atom is 0.143 e. The summed E-state index contributed by atoms with van der Waals surface area (Å²) < 4.78 is 10.8. The van der Waals surface area contributed by atoms with Gasteiger partial charge in [-0.2, -0.15) is 0 Å². The van der Waals surface area contributed by atoms with Crippen LogP contribution >= 0.6 is 0 Å². The second-order valence-corrected chi connectivity index (χ2v) is 6.53. The van der Waals surface area contributed by atoms with E-state index in [0.717, 1.165) is 38.2 Å². The van der Waals surface area contributed by atoms with Crippen molar-refractivity contribution < 1.29 is 9.47 Å². The predicted octanol–water partition coefficient (Wildman–Crippen LogP) is 2.26. The quantitative estimate of drug-likeness (QED) is 0.790. The molecule has 0 unspecified atom stereocenters. The molecule has 1 aliphatic rings.